The van der Waals surface area contributed by atoms with Crippen molar-refractivity contribution in [3.63, 3.8) is 0 Å². The number of nitrogens with one attached hydrogen (secondary N) is 3. The van der Waals surface area contributed by atoms with Crippen LogP contribution in [0.3, 0.4) is 0 Å². The van der Waals surface area contributed by atoms with Crippen LogP contribution in [0.15, 0.2) is 67.6 Å². The maximum atomic E-state index is 12.3. The molecule has 2 aromatic carbocycles. The fraction of sp³-hybridized carbons (Fsp3) is 0.241. The fourth-order valence-corrected chi connectivity index (χ4v) is 4.46. The second-order valence-electron chi connectivity index (χ2n) is 9.24. The molecule has 1 amide bonds. The number of aromatic nitrogens is 4. The number of carbonyl (C=O) groups excluding carboxylic acids is 1. The van der Waals surface area contributed by atoms with Crippen molar-refractivity contribution in [2.45, 2.75) is 6.61 Å². The number of morpholine rings is 1. The molecule has 1 fully saturated rings. The van der Waals surface area contributed by atoms with Crippen molar-refractivity contribution in [1.82, 2.24) is 19.5 Å². The zero-order valence-corrected chi connectivity index (χ0v) is 24.0. The molecular formula is C29H31ClN8O4. The first kappa shape index (κ1) is 28.7. The van der Waals surface area contributed by atoms with Gasteiger partial charge in [0.2, 0.25) is 11.9 Å². The summed E-state index contributed by atoms with van der Waals surface area (Å²) in [4.78, 5) is 27.6. The van der Waals surface area contributed by atoms with E-state index in [2.05, 4.69) is 42.4 Å². The molecule has 4 aromatic rings. The number of ether oxygens (including phenoxy) is 3. The molecular weight excluding hydrogens is 560 g/mol. The third-order valence-electron chi connectivity index (χ3n) is 6.52. The Kier molecular flexibility index (Phi) is 9.05. The normalized spacial score (nSPS) is 12.9. The van der Waals surface area contributed by atoms with Crippen LogP contribution in [-0.2, 0) is 23.2 Å². The zero-order valence-electron chi connectivity index (χ0n) is 23.3. The van der Waals surface area contributed by atoms with Gasteiger partial charge in [-0.25, -0.2) is 9.97 Å². The van der Waals surface area contributed by atoms with Crippen LogP contribution in [0.5, 0.6) is 11.5 Å². The van der Waals surface area contributed by atoms with E-state index in [9.17, 15) is 4.79 Å². The molecule has 0 spiro atoms. The van der Waals surface area contributed by atoms with Gasteiger partial charge in [-0.3, -0.25) is 4.79 Å². The van der Waals surface area contributed by atoms with Gasteiger partial charge in [0.25, 0.3) is 0 Å². The van der Waals surface area contributed by atoms with E-state index in [0.717, 1.165) is 11.5 Å². The van der Waals surface area contributed by atoms with Crippen molar-refractivity contribution in [1.29, 1.82) is 0 Å². The van der Waals surface area contributed by atoms with Gasteiger partial charge in [-0.05, 0) is 24.3 Å². The number of carbonyl (C=O) groups is 1. The number of halogens is 1. The molecule has 2 aromatic heterocycles. The Hall–Kier alpha value is -4.81. The van der Waals surface area contributed by atoms with E-state index >= 15 is 0 Å². The molecule has 3 N–H and O–H groups in total. The molecule has 0 saturated carbocycles. The molecule has 1 aliphatic rings. The standard InChI is InChI=1S/C29H31ClN8O4/c1-4-27(39)33-21-15-22(25(40-3)16-23(21)38-11-13-41-14-12-38)35-29-32-17-19(30)28(36-29)34-20-7-5-6-8-24(20)42-18-26-31-9-10-37(26)2/h4-10,15-17H,1,11-14,18H2,2-3H3,(H,33,39)(H2,32,34,35,36). The molecule has 0 atom stereocenters. The number of imidazole rings is 1. The van der Waals surface area contributed by atoms with Gasteiger partial charge in [0, 0.05) is 38.6 Å². The predicted molar refractivity (Wildman–Crippen MR) is 162 cm³/mol. The quantitative estimate of drug-likeness (QED) is 0.208. The van der Waals surface area contributed by atoms with Gasteiger partial charge in [0.05, 0.1) is 49.3 Å². The average molecular weight is 591 g/mol. The minimum atomic E-state index is -0.335. The van der Waals surface area contributed by atoms with Crippen molar-refractivity contribution in [3.05, 3.63) is 78.5 Å². The lowest BCUT2D eigenvalue weighted by atomic mass is 10.1. The van der Waals surface area contributed by atoms with Gasteiger partial charge in [0.15, 0.2) is 5.82 Å². The lowest BCUT2D eigenvalue weighted by Gasteiger charge is -2.31. The number of methoxy groups -OCH3 is 1. The van der Waals surface area contributed by atoms with Crippen LogP contribution in [0.2, 0.25) is 5.02 Å². The smallest absolute Gasteiger partial charge is 0.247 e. The zero-order chi connectivity index (χ0) is 29.5. The van der Waals surface area contributed by atoms with Gasteiger partial charge >= 0.3 is 0 Å². The maximum absolute atomic E-state index is 12.3. The molecule has 0 radical (unpaired) electrons. The highest BCUT2D eigenvalue weighted by Gasteiger charge is 2.20. The first-order chi connectivity index (χ1) is 20.4. The summed E-state index contributed by atoms with van der Waals surface area (Å²) in [5, 5.41) is 9.64. The van der Waals surface area contributed by atoms with Crippen LogP contribution < -0.4 is 30.3 Å². The van der Waals surface area contributed by atoms with E-state index in [1.807, 2.05) is 48.1 Å². The van der Waals surface area contributed by atoms with E-state index in [1.54, 1.807) is 19.4 Å². The summed E-state index contributed by atoms with van der Waals surface area (Å²) in [6.07, 6.45) is 6.29. The van der Waals surface area contributed by atoms with Gasteiger partial charge < -0.3 is 39.6 Å². The van der Waals surface area contributed by atoms with Crippen molar-refractivity contribution in [3.8, 4) is 11.5 Å². The first-order valence-electron chi connectivity index (χ1n) is 13.2. The minimum absolute atomic E-state index is 0.256. The molecule has 13 heteroatoms. The lowest BCUT2D eigenvalue weighted by molar-refractivity contribution is -0.111. The minimum Gasteiger partial charge on any atom is -0.494 e. The summed E-state index contributed by atoms with van der Waals surface area (Å²) < 4.78 is 19.1. The Morgan fingerprint density at radius 1 is 1.12 bits per heavy atom. The van der Waals surface area contributed by atoms with Gasteiger partial charge in [-0.1, -0.05) is 30.3 Å². The second kappa shape index (κ2) is 13.2. The van der Waals surface area contributed by atoms with Crippen LogP contribution >= 0.6 is 11.6 Å². The van der Waals surface area contributed by atoms with E-state index in [0.29, 0.717) is 65.7 Å². The number of para-hydroxylation sites is 2. The van der Waals surface area contributed by atoms with Crippen LogP contribution in [0, 0.1) is 0 Å². The molecule has 218 valence electrons. The number of hydrogen-bond donors (Lipinski definition) is 3. The molecule has 0 bridgehead atoms. The van der Waals surface area contributed by atoms with Gasteiger partial charge in [-0.2, -0.15) is 4.98 Å². The van der Waals surface area contributed by atoms with Crippen LogP contribution in [-0.4, -0.2) is 58.8 Å². The molecule has 1 aliphatic heterocycles. The van der Waals surface area contributed by atoms with Crippen molar-refractivity contribution < 1.29 is 19.0 Å². The SMILES string of the molecule is C=CC(=O)Nc1cc(Nc2ncc(Cl)c(Nc3ccccc3OCc3nccn3C)n2)c(OC)cc1N1CCOCC1. The van der Waals surface area contributed by atoms with E-state index in [4.69, 9.17) is 25.8 Å². The number of benzene rings is 2. The lowest BCUT2D eigenvalue weighted by Crippen LogP contribution is -2.36. The molecule has 1 saturated heterocycles. The summed E-state index contributed by atoms with van der Waals surface area (Å²) in [5.74, 6) is 2.21. The maximum Gasteiger partial charge on any atom is 0.247 e. The Balaban J connectivity index is 1.40. The van der Waals surface area contributed by atoms with Crippen LogP contribution in [0.25, 0.3) is 0 Å². The summed E-state index contributed by atoms with van der Waals surface area (Å²) >= 11 is 6.48. The summed E-state index contributed by atoms with van der Waals surface area (Å²) in [6.45, 7) is 6.38. The molecule has 12 nitrogen and oxygen atoms in total. The Morgan fingerprint density at radius 3 is 2.67 bits per heavy atom. The van der Waals surface area contributed by atoms with Gasteiger partial charge in [-0.15, -0.1) is 0 Å². The number of hydrogen-bond acceptors (Lipinski definition) is 10. The highest BCUT2D eigenvalue weighted by Crippen LogP contribution is 2.39. The van der Waals surface area contributed by atoms with E-state index < -0.39 is 0 Å². The molecule has 0 aliphatic carbocycles. The monoisotopic (exact) mass is 590 g/mol. The number of anilines is 6. The van der Waals surface area contributed by atoms with Crippen molar-refractivity contribution in [2.24, 2.45) is 7.05 Å². The highest BCUT2D eigenvalue weighted by atomic mass is 35.5. The fourth-order valence-electron chi connectivity index (χ4n) is 4.32. The Labute approximate surface area is 248 Å². The molecule has 0 unspecified atom stereocenters. The largest absolute Gasteiger partial charge is 0.494 e. The van der Waals surface area contributed by atoms with Crippen LogP contribution in [0.4, 0.5) is 34.5 Å². The third-order valence-corrected chi connectivity index (χ3v) is 6.80. The first-order valence-corrected chi connectivity index (χ1v) is 13.6. The third kappa shape index (κ3) is 6.73. The molecule has 42 heavy (non-hydrogen) atoms. The van der Waals surface area contributed by atoms with Crippen molar-refractivity contribution >= 4 is 52.0 Å². The second-order valence-corrected chi connectivity index (χ2v) is 9.65. The summed E-state index contributed by atoms with van der Waals surface area (Å²) in [7, 11) is 3.48. The number of rotatable bonds is 11. The van der Waals surface area contributed by atoms with Gasteiger partial charge in [0.1, 0.15) is 29.0 Å². The predicted octanol–water partition coefficient (Wildman–Crippen LogP) is 4.90. The van der Waals surface area contributed by atoms with E-state index in [1.165, 1.54) is 12.3 Å². The average Bonchev–Trinajstić information content (AvgIpc) is 3.43. The van der Waals surface area contributed by atoms with E-state index in [-0.39, 0.29) is 18.5 Å². The number of aryl methyl sites for hydroxylation is 1. The Morgan fingerprint density at radius 2 is 1.93 bits per heavy atom. The molecule has 5 rings (SSSR count). The molecule has 3 heterocycles. The van der Waals surface area contributed by atoms with Crippen molar-refractivity contribution in [2.75, 3.05) is 54.3 Å². The summed E-state index contributed by atoms with van der Waals surface area (Å²) in [6, 6.07) is 11.1. The summed E-state index contributed by atoms with van der Waals surface area (Å²) in [5.41, 5.74) is 2.59. The number of nitrogens with zero attached hydrogens (tertiary/aromatic N) is 5. The topological polar surface area (TPSA) is 128 Å². The Bertz CT molecular complexity index is 1570. The number of amides is 1. The van der Waals surface area contributed by atoms with Crippen LogP contribution in [0.1, 0.15) is 5.82 Å². The highest BCUT2D eigenvalue weighted by molar-refractivity contribution is 6.33.